The Balaban J connectivity index is 1.70. The molecule has 0 bridgehead atoms. The van der Waals surface area contributed by atoms with E-state index < -0.39 is 12.3 Å². The molecule has 0 saturated heterocycles. The minimum Gasteiger partial charge on any atom is -0.406 e. The summed E-state index contributed by atoms with van der Waals surface area (Å²) < 4.78 is 45.4. The van der Waals surface area contributed by atoms with Crippen LogP contribution in [0.5, 0.6) is 5.75 Å². The number of halogens is 3. The molecule has 24 heavy (non-hydrogen) atoms. The van der Waals surface area contributed by atoms with Gasteiger partial charge >= 0.3 is 6.36 Å². The lowest BCUT2D eigenvalue weighted by Crippen LogP contribution is -2.17. The molecule has 1 aliphatic carbocycles. The number of nitrogens with one attached hydrogen (secondary N) is 1. The Bertz CT molecular complexity index is 723. The number of anilines is 1. The summed E-state index contributed by atoms with van der Waals surface area (Å²) in [5.74, 6) is -0.0474. The third-order valence-corrected chi connectivity index (χ3v) is 3.76. The molecule has 1 aliphatic rings. The van der Waals surface area contributed by atoms with Crippen molar-refractivity contribution in [1.29, 1.82) is 0 Å². The van der Waals surface area contributed by atoms with Crippen molar-refractivity contribution < 1.29 is 27.2 Å². The number of carbonyl (C=O) groups is 1. The molecule has 0 atom stereocenters. The van der Waals surface area contributed by atoms with Crippen LogP contribution in [-0.4, -0.2) is 17.4 Å². The standard InChI is InChI=1S/C16H15F3N2O3/c17-16(18,19)23-11-8-6-10(7-9-11)20-15(22)14-12-4-2-1-3-5-13(12)24-21-14/h6-9H,1-5H2,(H,20,22). The van der Waals surface area contributed by atoms with E-state index >= 15 is 0 Å². The molecule has 1 heterocycles. The molecular weight excluding hydrogens is 325 g/mol. The van der Waals surface area contributed by atoms with Crippen LogP contribution in [0.1, 0.15) is 41.1 Å². The average molecular weight is 340 g/mol. The van der Waals surface area contributed by atoms with Gasteiger partial charge in [-0.05, 0) is 43.5 Å². The normalized spacial score (nSPS) is 14.6. The zero-order valence-corrected chi connectivity index (χ0v) is 12.7. The second-order valence-electron chi connectivity index (χ2n) is 5.52. The first-order valence-electron chi connectivity index (χ1n) is 7.57. The Hall–Kier alpha value is -2.51. The van der Waals surface area contributed by atoms with Crippen molar-refractivity contribution in [2.75, 3.05) is 5.32 Å². The zero-order valence-electron chi connectivity index (χ0n) is 12.7. The lowest BCUT2D eigenvalue weighted by molar-refractivity contribution is -0.274. The van der Waals surface area contributed by atoms with Crippen LogP contribution in [0, 0.1) is 0 Å². The third-order valence-electron chi connectivity index (χ3n) is 3.76. The van der Waals surface area contributed by atoms with Gasteiger partial charge < -0.3 is 14.6 Å². The Morgan fingerprint density at radius 2 is 1.83 bits per heavy atom. The summed E-state index contributed by atoms with van der Waals surface area (Å²) in [5.41, 5.74) is 1.41. The van der Waals surface area contributed by atoms with E-state index in [0.29, 0.717) is 5.69 Å². The Kier molecular flexibility index (Phi) is 4.46. The van der Waals surface area contributed by atoms with Crippen molar-refractivity contribution in [3.8, 4) is 5.75 Å². The molecule has 0 radical (unpaired) electrons. The molecule has 0 spiro atoms. The minimum absolute atomic E-state index is 0.238. The number of aryl methyl sites for hydroxylation is 1. The molecule has 0 unspecified atom stereocenters. The fourth-order valence-electron chi connectivity index (χ4n) is 2.67. The maximum atomic E-state index is 12.3. The average Bonchev–Trinajstić information content (AvgIpc) is 2.77. The zero-order chi connectivity index (χ0) is 17.2. The number of nitrogens with zero attached hydrogens (tertiary/aromatic N) is 1. The SMILES string of the molecule is O=C(Nc1ccc(OC(F)(F)F)cc1)c1noc2c1CCCCC2. The first-order valence-corrected chi connectivity index (χ1v) is 7.57. The number of fused-ring (bicyclic) bond motifs is 1. The van der Waals surface area contributed by atoms with E-state index in [9.17, 15) is 18.0 Å². The van der Waals surface area contributed by atoms with Gasteiger partial charge in [-0.2, -0.15) is 0 Å². The Labute approximate surface area is 135 Å². The van der Waals surface area contributed by atoms with Gasteiger partial charge in [-0.3, -0.25) is 4.79 Å². The van der Waals surface area contributed by atoms with E-state index in [1.165, 1.54) is 12.1 Å². The summed E-state index contributed by atoms with van der Waals surface area (Å²) >= 11 is 0. The number of benzene rings is 1. The van der Waals surface area contributed by atoms with Gasteiger partial charge in [-0.1, -0.05) is 11.6 Å². The molecule has 1 amide bonds. The van der Waals surface area contributed by atoms with Crippen LogP contribution in [0.4, 0.5) is 18.9 Å². The quantitative estimate of drug-likeness (QED) is 0.855. The predicted octanol–water partition coefficient (Wildman–Crippen LogP) is 4.09. The molecule has 0 fully saturated rings. The second-order valence-corrected chi connectivity index (χ2v) is 5.52. The molecule has 2 aromatic rings. The van der Waals surface area contributed by atoms with Crippen LogP contribution in [0.15, 0.2) is 28.8 Å². The third kappa shape index (κ3) is 3.87. The molecular formula is C16H15F3N2O3. The highest BCUT2D eigenvalue weighted by molar-refractivity contribution is 6.03. The smallest absolute Gasteiger partial charge is 0.406 e. The van der Waals surface area contributed by atoms with E-state index in [2.05, 4.69) is 15.2 Å². The van der Waals surface area contributed by atoms with Crippen LogP contribution in [0.3, 0.4) is 0 Å². The predicted molar refractivity (Wildman–Crippen MR) is 78.8 cm³/mol. The van der Waals surface area contributed by atoms with Crippen LogP contribution in [-0.2, 0) is 12.8 Å². The summed E-state index contributed by atoms with van der Waals surface area (Å²) in [7, 11) is 0. The first-order chi connectivity index (χ1) is 11.4. The summed E-state index contributed by atoms with van der Waals surface area (Å²) in [6.45, 7) is 0. The number of aromatic nitrogens is 1. The second kappa shape index (κ2) is 6.54. The number of rotatable bonds is 3. The topological polar surface area (TPSA) is 64.4 Å². The van der Waals surface area contributed by atoms with Crippen LogP contribution >= 0.6 is 0 Å². The number of alkyl halides is 3. The van der Waals surface area contributed by atoms with Crippen LogP contribution in [0.25, 0.3) is 0 Å². The van der Waals surface area contributed by atoms with Crippen LogP contribution in [0.2, 0.25) is 0 Å². The monoisotopic (exact) mass is 340 g/mol. The van der Waals surface area contributed by atoms with Gasteiger partial charge in [0.05, 0.1) is 0 Å². The Morgan fingerprint density at radius 1 is 1.12 bits per heavy atom. The van der Waals surface area contributed by atoms with Crippen molar-refractivity contribution >= 4 is 11.6 Å². The van der Waals surface area contributed by atoms with Gasteiger partial charge in [-0.15, -0.1) is 13.2 Å². The molecule has 1 aromatic heterocycles. The van der Waals surface area contributed by atoms with Gasteiger partial charge in [0.1, 0.15) is 11.5 Å². The highest BCUT2D eigenvalue weighted by Crippen LogP contribution is 2.26. The number of hydrogen-bond donors (Lipinski definition) is 1. The van der Waals surface area contributed by atoms with Crippen molar-refractivity contribution in [2.24, 2.45) is 0 Å². The highest BCUT2D eigenvalue weighted by atomic mass is 19.4. The van der Waals surface area contributed by atoms with E-state index in [1.807, 2.05) is 0 Å². The van der Waals surface area contributed by atoms with E-state index in [4.69, 9.17) is 4.52 Å². The van der Waals surface area contributed by atoms with Gasteiger partial charge in [0.25, 0.3) is 5.91 Å². The molecule has 3 rings (SSSR count). The van der Waals surface area contributed by atoms with E-state index in [0.717, 1.165) is 55.6 Å². The molecule has 5 nitrogen and oxygen atoms in total. The number of carbonyl (C=O) groups excluding carboxylic acids is 1. The molecule has 1 aromatic carbocycles. The summed E-state index contributed by atoms with van der Waals surface area (Å²) in [6.07, 6.45) is -0.199. The van der Waals surface area contributed by atoms with Crippen molar-refractivity contribution in [1.82, 2.24) is 5.16 Å². The lowest BCUT2D eigenvalue weighted by Gasteiger charge is -2.09. The lowest BCUT2D eigenvalue weighted by atomic mass is 10.1. The van der Waals surface area contributed by atoms with Crippen molar-refractivity contribution in [3.63, 3.8) is 0 Å². The number of hydrogen-bond acceptors (Lipinski definition) is 4. The molecule has 128 valence electrons. The van der Waals surface area contributed by atoms with Gasteiger partial charge in [0.15, 0.2) is 5.69 Å². The Morgan fingerprint density at radius 3 is 2.54 bits per heavy atom. The van der Waals surface area contributed by atoms with E-state index in [-0.39, 0.29) is 11.4 Å². The molecule has 8 heteroatoms. The number of ether oxygens (including phenoxy) is 1. The maximum Gasteiger partial charge on any atom is 0.573 e. The van der Waals surface area contributed by atoms with Gasteiger partial charge in [0.2, 0.25) is 0 Å². The molecule has 0 aliphatic heterocycles. The van der Waals surface area contributed by atoms with Gasteiger partial charge in [0, 0.05) is 17.7 Å². The van der Waals surface area contributed by atoms with E-state index in [1.54, 1.807) is 0 Å². The first kappa shape index (κ1) is 16.4. The van der Waals surface area contributed by atoms with Crippen molar-refractivity contribution in [3.05, 3.63) is 41.3 Å². The van der Waals surface area contributed by atoms with Gasteiger partial charge in [-0.25, -0.2) is 0 Å². The number of amides is 1. The maximum absolute atomic E-state index is 12.3. The van der Waals surface area contributed by atoms with Crippen molar-refractivity contribution in [2.45, 2.75) is 38.5 Å². The largest absolute Gasteiger partial charge is 0.573 e. The fourth-order valence-corrected chi connectivity index (χ4v) is 2.67. The minimum atomic E-state index is -4.75. The highest BCUT2D eigenvalue weighted by Gasteiger charge is 2.31. The summed E-state index contributed by atoms with van der Waals surface area (Å²) in [4.78, 5) is 12.3. The summed E-state index contributed by atoms with van der Waals surface area (Å²) in [6, 6.07) is 4.92. The summed E-state index contributed by atoms with van der Waals surface area (Å²) in [5, 5.41) is 6.45. The van der Waals surface area contributed by atoms with Crippen LogP contribution < -0.4 is 10.1 Å². The molecule has 1 N–H and O–H groups in total. The fraction of sp³-hybridized carbons (Fsp3) is 0.375. The molecule has 0 saturated carbocycles.